The Morgan fingerprint density at radius 1 is 1.18 bits per heavy atom. The van der Waals surface area contributed by atoms with Crippen LogP contribution in [0.2, 0.25) is 5.02 Å². The molecule has 0 radical (unpaired) electrons. The summed E-state index contributed by atoms with van der Waals surface area (Å²) in [5.74, 6) is -0.623. The molecule has 4 rings (SSSR count). The minimum Gasteiger partial charge on any atom is -0.491 e. The zero-order valence-corrected chi connectivity index (χ0v) is 20.6. The van der Waals surface area contributed by atoms with Crippen molar-refractivity contribution in [1.82, 2.24) is 9.80 Å². The molecular formula is C26H26ClFN2O3S. The molecule has 0 saturated heterocycles. The number of halogens is 2. The summed E-state index contributed by atoms with van der Waals surface area (Å²) in [6.45, 7) is 4.31. The Balaban J connectivity index is 1.54. The Morgan fingerprint density at radius 2 is 1.91 bits per heavy atom. The molecule has 0 saturated carbocycles. The fourth-order valence-corrected chi connectivity index (χ4v) is 5.15. The Hall–Kier alpha value is -2.90. The summed E-state index contributed by atoms with van der Waals surface area (Å²) in [6.07, 6.45) is 0.749. The smallest absolute Gasteiger partial charge is 0.257 e. The van der Waals surface area contributed by atoms with Gasteiger partial charge in [-0.1, -0.05) is 23.7 Å². The van der Waals surface area contributed by atoms with Gasteiger partial charge in [-0.25, -0.2) is 4.39 Å². The molecule has 2 aromatic carbocycles. The van der Waals surface area contributed by atoms with Crippen molar-refractivity contribution >= 4 is 34.8 Å². The van der Waals surface area contributed by atoms with Crippen LogP contribution in [0, 0.1) is 5.82 Å². The van der Waals surface area contributed by atoms with Crippen LogP contribution in [0.3, 0.4) is 0 Å². The fraction of sp³-hybridized carbons (Fsp3) is 0.308. The predicted octanol–water partition coefficient (Wildman–Crippen LogP) is 5.60. The first-order valence-corrected chi connectivity index (χ1v) is 12.4. The lowest BCUT2D eigenvalue weighted by Gasteiger charge is -2.37. The van der Waals surface area contributed by atoms with Crippen molar-refractivity contribution in [2.24, 2.45) is 0 Å². The number of benzene rings is 2. The second-order valence-corrected chi connectivity index (χ2v) is 9.86. The standard InChI is InChI=1S/C26H26ClFN2O3S/c1-17(2)30(26(32)20-5-3-4-6-22(20)28)15-25(31)29-13-11-24-21(12-14-34-24)23(29)16-33-19-9-7-18(27)8-10-19/h3-10,12,14,17,23H,11,13,15-16H2,1-2H3/t23-/m1/s1. The van der Waals surface area contributed by atoms with Gasteiger partial charge in [0.1, 0.15) is 24.7 Å². The average Bonchev–Trinajstić information content (AvgIpc) is 3.31. The molecule has 0 N–H and O–H groups in total. The van der Waals surface area contributed by atoms with Gasteiger partial charge in [0.2, 0.25) is 5.91 Å². The molecule has 0 aliphatic carbocycles. The van der Waals surface area contributed by atoms with Gasteiger partial charge in [-0.05, 0) is 73.7 Å². The van der Waals surface area contributed by atoms with Crippen molar-refractivity contribution in [1.29, 1.82) is 0 Å². The van der Waals surface area contributed by atoms with Crippen LogP contribution >= 0.6 is 22.9 Å². The van der Waals surface area contributed by atoms with E-state index in [0.29, 0.717) is 17.3 Å². The maximum Gasteiger partial charge on any atom is 0.257 e. The van der Waals surface area contributed by atoms with Crippen LogP contribution in [0.1, 0.15) is 40.7 Å². The minimum atomic E-state index is -0.597. The molecule has 1 aromatic heterocycles. The molecule has 8 heteroatoms. The Morgan fingerprint density at radius 3 is 2.62 bits per heavy atom. The first-order valence-electron chi connectivity index (χ1n) is 11.1. The molecule has 1 atom stereocenters. The topological polar surface area (TPSA) is 49.9 Å². The highest BCUT2D eigenvalue weighted by atomic mass is 35.5. The normalized spacial score (nSPS) is 15.2. The van der Waals surface area contributed by atoms with E-state index in [9.17, 15) is 14.0 Å². The van der Waals surface area contributed by atoms with Gasteiger partial charge >= 0.3 is 0 Å². The first-order chi connectivity index (χ1) is 16.3. The molecule has 0 fully saturated rings. The summed E-state index contributed by atoms with van der Waals surface area (Å²) in [5.41, 5.74) is 1.03. The third kappa shape index (κ3) is 5.26. The molecule has 5 nitrogen and oxygen atoms in total. The van der Waals surface area contributed by atoms with E-state index in [1.807, 2.05) is 25.3 Å². The number of amides is 2. The number of hydrogen-bond acceptors (Lipinski definition) is 4. The summed E-state index contributed by atoms with van der Waals surface area (Å²) in [5, 5.41) is 2.64. The summed E-state index contributed by atoms with van der Waals surface area (Å²) in [6, 6.07) is 14.4. The molecule has 34 heavy (non-hydrogen) atoms. The third-order valence-corrected chi connectivity index (χ3v) is 7.18. The van der Waals surface area contributed by atoms with E-state index in [2.05, 4.69) is 0 Å². The molecule has 2 amide bonds. The lowest BCUT2D eigenvalue weighted by molar-refractivity contribution is -0.136. The summed E-state index contributed by atoms with van der Waals surface area (Å²) in [4.78, 5) is 31.0. The van der Waals surface area contributed by atoms with Gasteiger partial charge in [-0.2, -0.15) is 0 Å². The second kappa shape index (κ2) is 10.6. The zero-order chi connectivity index (χ0) is 24.2. The largest absolute Gasteiger partial charge is 0.491 e. The van der Waals surface area contributed by atoms with Crippen molar-refractivity contribution in [3.8, 4) is 5.75 Å². The minimum absolute atomic E-state index is 0.0367. The quantitative estimate of drug-likeness (QED) is 0.424. The van der Waals surface area contributed by atoms with Gasteiger partial charge in [-0.15, -0.1) is 11.3 Å². The number of rotatable bonds is 7. The number of nitrogens with zero attached hydrogens (tertiary/aromatic N) is 2. The second-order valence-electron chi connectivity index (χ2n) is 8.42. The van der Waals surface area contributed by atoms with Crippen LogP contribution in [-0.4, -0.2) is 47.4 Å². The molecular weight excluding hydrogens is 475 g/mol. The van der Waals surface area contributed by atoms with Crippen molar-refractivity contribution in [3.05, 3.63) is 86.8 Å². The SMILES string of the molecule is CC(C)N(CC(=O)N1CCc2sccc2[C@H]1COc1ccc(Cl)cc1)C(=O)c1ccccc1F. The van der Waals surface area contributed by atoms with E-state index in [-0.39, 0.29) is 36.7 Å². The Labute approximate surface area is 207 Å². The molecule has 0 spiro atoms. The Bertz CT molecular complexity index is 1160. The molecule has 3 aromatic rings. The summed E-state index contributed by atoms with van der Waals surface area (Å²) in [7, 11) is 0. The van der Waals surface area contributed by atoms with Gasteiger partial charge in [0, 0.05) is 22.5 Å². The number of ether oxygens (including phenoxy) is 1. The van der Waals surface area contributed by atoms with Crippen LogP contribution in [0.5, 0.6) is 5.75 Å². The van der Waals surface area contributed by atoms with E-state index in [4.69, 9.17) is 16.3 Å². The van der Waals surface area contributed by atoms with Gasteiger partial charge in [0.15, 0.2) is 0 Å². The van der Waals surface area contributed by atoms with Crippen molar-refractivity contribution < 1.29 is 18.7 Å². The van der Waals surface area contributed by atoms with Crippen LogP contribution in [0.4, 0.5) is 4.39 Å². The van der Waals surface area contributed by atoms with E-state index in [1.54, 1.807) is 46.6 Å². The molecule has 0 unspecified atom stereocenters. The van der Waals surface area contributed by atoms with E-state index in [0.717, 1.165) is 12.0 Å². The number of thiophene rings is 1. The summed E-state index contributed by atoms with van der Waals surface area (Å²) >= 11 is 7.64. The molecule has 0 bridgehead atoms. The number of carbonyl (C=O) groups is 2. The highest BCUT2D eigenvalue weighted by Crippen LogP contribution is 2.34. The van der Waals surface area contributed by atoms with Crippen molar-refractivity contribution in [2.45, 2.75) is 32.4 Å². The molecule has 178 valence electrons. The van der Waals surface area contributed by atoms with E-state index < -0.39 is 11.7 Å². The highest BCUT2D eigenvalue weighted by Gasteiger charge is 2.34. The number of fused-ring (bicyclic) bond motifs is 1. The van der Waals surface area contributed by atoms with Gasteiger partial charge in [-0.3, -0.25) is 9.59 Å². The summed E-state index contributed by atoms with van der Waals surface area (Å²) < 4.78 is 20.3. The maximum absolute atomic E-state index is 14.3. The van der Waals surface area contributed by atoms with Gasteiger partial charge in [0.25, 0.3) is 5.91 Å². The van der Waals surface area contributed by atoms with Crippen molar-refractivity contribution in [3.63, 3.8) is 0 Å². The lowest BCUT2D eigenvalue weighted by Crippen LogP contribution is -2.49. The van der Waals surface area contributed by atoms with Crippen LogP contribution in [0.15, 0.2) is 60.0 Å². The molecule has 2 heterocycles. The highest BCUT2D eigenvalue weighted by molar-refractivity contribution is 7.10. The van der Waals surface area contributed by atoms with Crippen LogP contribution in [-0.2, 0) is 11.2 Å². The van der Waals surface area contributed by atoms with Crippen LogP contribution < -0.4 is 4.74 Å². The van der Waals surface area contributed by atoms with Gasteiger partial charge < -0.3 is 14.5 Å². The molecule has 1 aliphatic rings. The average molecular weight is 501 g/mol. The fourth-order valence-electron chi connectivity index (χ4n) is 4.10. The first kappa shape index (κ1) is 24.2. The van der Waals surface area contributed by atoms with Gasteiger partial charge in [0.05, 0.1) is 11.6 Å². The van der Waals surface area contributed by atoms with Crippen LogP contribution in [0.25, 0.3) is 0 Å². The Kier molecular flexibility index (Phi) is 7.54. The number of hydrogen-bond donors (Lipinski definition) is 0. The zero-order valence-electron chi connectivity index (χ0n) is 19.0. The monoisotopic (exact) mass is 500 g/mol. The molecule has 1 aliphatic heterocycles. The lowest BCUT2D eigenvalue weighted by atomic mass is 10.00. The van der Waals surface area contributed by atoms with Crippen molar-refractivity contribution in [2.75, 3.05) is 19.7 Å². The van der Waals surface area contributed by atoms with E-state index >= 15 is 0 Å². The maximum atomic E-state index is 14.3. The number of carbonyl (C=O) groups excluding carboxylic acids is 2. The third-order valence-electron chi connectivity index (χ3n) is 5.93. The van der Waals surface area contributed by atoms with E-state index in [1.165, 1.54) is 28.0 Å². The predicted molar refractivity (Wildman–Crippen MR) is 132 cm³/mol.